The smallest absolute Gasteiger partial charge is 0.254 e. The maximum absolute atomic E-state index is 11.5. The third-order valence-electron chi connectivity index (χ3n) is 2.09. The zero-order valence-corrected chi connectivity index (χ0v) is 8.92. The van der Waals surface area contributed by atoms with Crippen LogP contribution in [0.3, 0.4) is 0 Å². The molecule has 2 rings (SSSR count). The number of carbonyl (C=O) groups is 1. The first-order valence-electron chi connectivity index (χ1n) is 5.04. The first kappa shape index (κ1) is 10.4. The van der Waals surface area contributed by atoms with E-state index < -0.39 is 0 Å². The van der Waals surface area contributed by atoms with E-state index in [2.05, 4.69) is 15.4 Å². The number of nitrogens with one attached hydrogen (secondary N) is 1. The number of hydrogen-bond acceptors (Lipinski definition) is 3. The van der Waals surface area contributed by atoms with Crippen molar-refractivity contribution in [1.29, 1.82) is 0 Å². The van der Waals surface area contributed by atoms with Gasteiger partial charge in [0.05, 0.1) is 23.6 Å². The van der Waals surface area contributed by atoms with Gasteiger partial charge in [-0.05, 0) is 19.1 Å². The summed E-state index contributed by atoms with van der Waals surface area (Å²) in [5.41, 5.74) is 1.38. The highest BCUT2D eigenvalue weighted by molar-refractivity contribution is 5.93. The van der Waals surface area contributed by atoms with Crippen molar-refractivity contribution in [3.05, 3.63) is 42.5 Å². The average molecular weight is 216 g/mol. The summed E-state index contributed by atoms with van der Waals surface area (Å²) in [6.45, 7) is 2.49. The van der Waals surface area contributed by atoms with E-state index in [1.54, 1.807) is 23.3 Å². The fourth-order valence-electron chi connectivity index (χ4n) is 1.33. The second kappa shape index (κ2) is 4.57. The molecule has 0 saturated heterocycles. The first-order chi connectivity index (χ1) is 7.81. The van der Waals surface area contributed by atoms with Crippen LogP contribution in [0.2, 0.25) is 0 Å². The highest BCUT2D eigenvalue weighted by Crippen LogP contribution is 2.05. The number of hydrogen-bond donors (Lipinski definition) is 1. The monoisotopic (exact) mass is 216 g/mol. The van der Waals surface area contributed by atoms with E-state index in [4.69, 9.17) is 0 Å². The SMILES string of the molecule is CCNC(=O)c1cnn(-c2cccnc2)c1. The lowest BCUT2D eigenvalue weighted by molar-refractivity contribution is 0.0956. The largest absolute Gasteiger partial charge is 0.352 e. The topological polar surface area (TPSA) is 59.8 Å². The van der Waals surface area contributed by atoms with Gasteiger partial charge in [-0.25, -0.2) is 4.68 Å². The van der Waals surface area contributed by atoms with E-state index >= 15 is 0 Å². The molecule has 0 aliphatic heterocycles. The number of carbonyl (C=O) groups excluding carboxylic acids is 1. The zero-order valence-electron chi connectivity index (χ0n) is 8.92. The number of nitrogens with zero attached hydrogens (tertiary/aromatic N) is 3. The number of amides is 1. The van der Waals surface area contributed by atoms with Crippen molar-refractivity contribution < 1.29 is 4.79 Å². The van der Waals surface area contributed by atoms with Gasteiger partial charge in [0.1, 0.15) is 0 Å². The van der Waals surface area contributed by atoms with Gasteiger partial charge in [-0.15, -0.1) is 0 Å². The minimum Gasteiger partial charge on any atom is -0.352 e. The molecule has 16 heavy (non-hydrogen) atoms. The molecule has 2 aromatic heterocycles. The highest BCUT2D eigenvalue weighted by atomic mass is 16.1. The van der Waals surface area contributed by atoms with Gasteiger partial charge in [-0.2, -0.15) is 5.10 Å². The Hall–Kier alpha value is -2.17. The summed E-state index contributed by atoms with van der Waals surface area (Å²) in [5.74, 6) is -0.113. The lowest BCUT2D eigenvalue weighted by Crippen LogP contribution is -2.22. The molecule has 1 amide bonds. The Bertz CT molecular complexity index is 478. The van der Waals surface area contributed by atoms with E-state index in [9.17, 15) is 4.79 Å². The van der Waals surface area contributed by atoms with E-state index in [0.29, 0.717) is 12.1 Å². The van der Waals surface area contributed by atoms with Crippen LogP contribution in [0.5, 0.6) is 0 Å². The molecule has 5 nitrogen and oxygen atoms in total. The number of pyridine rings is 1. The van der Waals surface area contributed by atoms with Crippen LogP contribution in [0.15, 0.2) is 36.9 Å². The second-order valence-electron chi connectivity index (χ2n) is 3.24. The predicted molar refractivity (Wildman–Crippen MR) is 59.4 cm³/mol. The van der Waals surface area contributed by atoms with E-state index in [1.807, 2.05) is 19.1 Å². The molecule has 1 N–H and O–H groups in total. The molecule has 0 atom stereocenters. The zero-order chi connectivity index (χ0) is 11.4. The van der Waals surface area contributed by atoms with Crippen LogP contribution < -0.4 is 5.32 Å². The minimum absolute atomic E-state index is 0.113. The predicted octanol–water partition coefficient (Wildman–Crippen LogP) is 1.02. The van der Waals surface area contributed by atoms with Gasteiger partial charge in [0.15, 0.2) is 0 Å². The molecular weight excluding hydrogens is 204 g/mol. The maximum atomic E-state index is 11.5. The van der Waals surface area contributed by atoms with Gasteiger partial charge in [-0.3, -0.25) is 9.78 Å². The molecule has 0 aromatic carbocycles. The molecule has 0 aliphatic rings. The third kappa shape index (κ3) is 2.08. The maximum Gasteiger partial charge on any atom is 0.254 e. The van der Waals surface area contributed by atoms with Crippen LogP contribution >= 0.6 is 0 Å². The quantitative estimate of drug-likeness (QED) is 0.833. The molecular formula is C11H12N4O. The van der Waals surface area contributed by atoms with Crippen LogP contribution in [0.4, 0.5) is 0 Å². The Morgan fingerprint density at radius 2 is 2.38 bits per heavy atom. The molecule has 82 valence electrons. The van der Waals surface area contributed by atoms with Crippen LogP contribution in [0.25, 0.3) is 5.69 Å². The number of aromatic nitrogens is 3. The normalized spacial score (nSPS) is 10.1. The van der Waals surface area contributed by atoms with Crippen LogP contribution in [0, 0.1) is 0 Å². The first-order valence-corrected chi connectivity index (χ1v) is 5.04. The van der Waals surface area contributed by atoms with Crippen molar-refractivity contribution in [2.75, 3.05) is 6.54 Å². The minimum atomic E-state index is -0.113. The van der Waals surface area contributed by atoms with Gasteiger partial charge in [0.2, 0.25) is 0 Å². The van der Waals surface area contributed by atoms with Gasteiger partial charge in [0, 0.05) is 18.9 Å². The van der Waals surface area contributed by atoms with Crippen molar-refractivity contribution in [3.8, 4) is 5.69 Å². The molecule has 0 bridgehead atoms. The van der Waals surface area contributed by atoms with Crippen molar-refractivity contribution in [1.82, 2.24) is 20.1 Å². The van der Waals surface area contributed by atoms with Gasteiger partial charge in [-0.1, -0.05) is 0 Å². The van der Waals surface area contributed by atoms with Crippen molar-refractivity contribution in [2.45, 2.75) is 6.92 Å². The fourth-order valence-corrected chi connectivity index (χ4v) is 1.33. The Balaban J connectivity index is 2.23. The molecule has 2 aromatic rings. The summed E-state index contributed by atoms with van der Waals surface area (Å²) in [7, 11) is 0. The Morgan fingerprint density at radius 3 is 3.06 bits per heavy atom. The number of rotatable bonds is 3. The highest BCUT2D eigenvalue weighted by Gasteiger charge is 2.07. The molecule has 0 spiro atoms. The fraction of sp³-hybridized carbons (Fsp3) is 0.182. The standard InChI is InChI=1S/C11H12N4O/c1-2-13-11(16)9-6-14-15(8-9)10-4-3-5-12-7-10/h3-8H,2H2,1H3,(H,13,16). The average Bonchev–Trinajstić information content (AvgIpc) is 2.80. The summed E-state index contributed by atoms with van der Waals surface area (Å²) in [6.07, 6.45) is 6.60. The third-order valence-corrected chi connectivity index (χ3v) is 2.09. The van der Waals surface area contributed by atoms with Gasteiger partial charge < -0.3 is 5.32 Å². The lowest BCUT2D eigenvalue weighted by Gasteiger charge is -1.99. The van der Waals surface area contributed by atoms with Crippen molar-refractivity contribution >= 4 is 5.91 Å². The molecule has 0 fully saturated rings. The second-order valence-corrected chi connectivity index (χ2v) is 3.24. The molecule has 0 aliphatic carbocycles. The lowest BCUT2D eigenvalue weighted by atomic mass is 10.3. The summed E-state index contributed by atoms with van der Waals surface area (Å²) >= 11 is 0. The van der Waals surface area contributed by atoms with Crippen molar-refractivity contribution in [3.63, 3.8) is 0 Å². The summed E-state index contributed by atoms with van der Waals surface area (Å²) < 4.78 is 1.62. The molecule has 2 heterocycles. The van der Waals surface area contributed by atoms with E-state index in [-0.39, 0.29) is 5.91 Å². The van der Waals surface area contributed by atoms with Gasteiger partial charge >= 0.3 is 0 Å². The molecule has 0 saturated carbocycles. The van der Waals surface area contributed by atoms with Gasteiger partial charge in [0.25, 0.3) is 5.91 Å². The van der Waals surface area contributed by atoms with E-state index in [0.717, 1.165) is 5.69 Å². The van der Waals surface area contributed by atoms with Crippen LogP contribution in [-0.4, -0.2) is 27.2 Å². The van der Waals surface area contributed by atoms with Crippen LogP contribution in [0.1, 0.15) is 17.3 Å². The Kier molecular flexibility index (Phi) is 2.95. The molecule has 0 radical (unpaired) electrons. The Morgan fingerprint density at radius 1 is 1.50 bits per heavy atom. The van der Waals surface area contributed by atoms with E-state index in [1.165, 1.54) is 6.20 Å². The Labute approximate surface area is 93.1 Å². The van der Waals surface area contributed by atoms with Crippen LogP contribution in [-0.2, 0) is 0 Å². The summed E-state index contributed by atoms with van der Waals surface area (Å²) in [6, 6.07) is 3.70. The summed E-state index contributed by atoms with van der Waals surface area (Å²) in [5, 5.41) is 6.82. The van der Waals surface area contributed by atoms with Crippen molar-refractivity contribution in [2.24, 2.45) is 0 Å². The summed E-state index contributed by atoms with van der Waals surface area (Å²) in [4.78, 5) is 15.5. The molecule has 0 unspecified atom stereocenters. The molecule has 5 heteroatoms.